The standard InChI is InChI=1S/C12H14N2O3/c1-14(7-6-13)12(15)10-5-4-9(16-2)8-11(10)17-3/h4-5,8H,7H2,1-3H3. The van der Waals surface area contributed by atoms with E-state index in [4.69, 9.17) is 14.7 Å². The number of nitriles is 1. The Morgan fingerprint density at radius 3 is 2.65 bits per heavy atom. The summed E-state index contributed by atoms with van der Waals surface area (Å²) in [6.45, 7) is 0.0357. The van der Waals surface area contributed by atoms with Crippen LogP contribution in [0.1, 0.15) is 10.4 Å². The predicted octanol–water partition coefficient (Wildman–Crippen LogP) is 1.30. The number of carbonyl (C=O) groups is 1. The molecule has 1 amide bonds. The van der Waals surface area contributed by atoms with Crippen molar-refractivity contribution in [3.8, 4) is 17.6 Å². The van der Waals surface area contributed by atoms with Crippen LogP contribution < -0.4 is 9.47 Å². The molecule has 0 aliphatic heterocycles. The van der Waals surface area contributed by atoms with Gasteiger partial charge in [-0.1, -0.05) is 0 Å². The van der Waals surface area contributed by atoms with Crippen molar-refractivity contribution in [2.24, 2.45) is 0 Å². The molecule has 17 heavy (non-hydrogen) atoms. The molecule has 0 radical (unpaired) electrons. The van der Waals surface area contributed by atoms with Gasteiger partial charge in [0.05, 0.1) is 25.9 Å². The van der Waals surface area contributed by atoms with Crippen LogP contribution in [0.3, 0.4) is 0 Å². The summed E-state index contributed by atoms with van der Waals surface area (Å²) < 4.78 is 10.2. The third-order valence-corrected chi connectivity index (χ3v) is 2.29. The molecule has 0 aliphatic rings. The van der Waals surface area contributed by atoms with E-state index in [0.717, 1.165) is 0 Å². The Balaban J connectivity index is 3.05. The summed E-state index contributed by atoms with van der Waals surface area (Å²) in [5, 5.41) is 8.55. The second kappa shape index (κ2) is 5.75. The monoisotopic (exact) mass is 234 g/mol. The number of methoxy groups -OCH3 is 2. The summed E-state index contributed by atoms with van der Waals surface area (Å²) in [5.74, 6) is 0.784. The zero-order chi connectivity index (χ0) is 12.8. The van der Waals surface area contributed by atoms with Gasteiger partial charge in [0.15, 0.2) is 0 Å². The molecule has 0 saturated heterocycles. The molecule has 0 unspecified atom stereocenters. The molecule has 0 fully saturated rings. The number of carbonyl (C=O) groups excluding carboxylic acids is 1. The fourth-order valence-electron chi connectivity index (χ4n) is 1.36. The molecule has 0 spiro atoms. The Morgan fingerprint density at radius 1 is 1.41 bits per heavy atom. The normalized spacial score (nSPS) is 9.29. The van der Waals surface area contributed by atoms with Crippen molar-refractivity contribution in [3.05, 3.63) is 23.8 Å². The third kappa shape index (κ3) is 2.88. The zero-order valence-corrected chi connectivity index (χ0v) is 10.1. The lowest BCUT2D eigenvalue weighted by Gasteiger charge is -2.15. The van der Waals surface area contributed by atoms with Crippen molar-refractivity contribution in [2.45, 2.75) is 0 Å². The average Bonchev–Trinajstić information content (AvgIpc) is 2.37. The molecule has 1 aromatic rings. The summed E-state index contributed by atoms with van der Waals surface area (Å²) >= 11 is 0. The van der Waals surface area contributed by atoms with E-state index in [1.54, 1.807) is 25.2 Å². The lowest BCUT2D eigenvalue weighted by atomic mass is 10.1. The maximum Gasteiger partial charge on any atom is 0.258 e. The highest BCUT2D eigenvalue weighted by Crippen LogP contribution is 2.25. The van der Waals surface area contributed by atoms with Crippen LogP contribution >= 0.6 is 0 Å². The number of benzene rings is 1. The molecule has 5 nitrogen and oxygen atoms in total. The number of hydrogen-bond acceptors (Lipinski definition) is 4. The topological polar surface area (TPSA) is 62.6 Å². The maximum atomic E-state index is 12.0. The second-order valence-corrected chi connectivity index (χ2v) is 3.39. The van der Waals surface area contributed by atoms with Crippen molar-refractivity contribution in [2.75, 3.05) is 27.8 Å². The van der Waals surface area contributed by atoms with Gasteiger partial charge in [-0.15, -0.1) is 0 Å². The van der Waals surface area contributed by atoms with Gasteiger partial charge < -0.3 is 14.4 Å². The number of nitrogens with zero attached hydrogens (tertiary/aromatic N) is 2. The second-order valence-electron chi connectivity index (χ2n) is 3.39. The SMILES string of the molecule is COc1ccc(C(=O)N(C)CC#N)c(OC)c1. The van der Waals surface area contributed by atoms with Crippen molar-refractivity contribution in [1.29, 1.82) is 5.26 Å². The molecule has 1 rings (SSSR count). The summed E-state index contributed by atoms with van der Waals surface area (Å²) in [6, 6.07) is 6.85. The number of amides is 1. The van der Waals surface area contributed by atoms with Crippen LogP contribution in [0.4, 0.5) is 0 Å². The summed E-state index contributed by atoms with van der Waals surface area (Å²) in [5.41, 5.74) is 0.408. The Labute approximate surface area is 100 Å². The van der Waals surface area contributed by atoms with Gasteiger partial charge in [-0.2, -0.15) is 5.26 Å². The van der Waals surface area contributed by atoms with Gasteiger partial charge in [-0.3, -0.25) is 4.79 Å². The molecule has 0 bridgehead atoms. The van der Waals surface area contributed by atoms with E-state index in [2.05, 4.69) is 0 Å². The van der Waals surface area contributed by atoms with Crippen molar-refractivity contribution in [3.63, 3.8) is 0 Å². The van der Waals surface area contributed by atoms with E-state index < -0.39 is 0 Å². The third-order valence-electron chi connectivity index (χ3n) is 2.29. The molecule has 0 saturated carbocycles. The van der Waals surface area contributed by atoms with E-state index in [0.29, 0.717) is 17.1 Å². The van der Waals surface area contributed by atoms with Crippen molar-refractivity contribution in [1.82, 2.24) is 4.90 Å². The molecule has 1 aromatic carbocycles. The Bertz CT molecular complexity index is 452. The molecule has 90 valence electrons. The Kier molecular flexibility index (Phi) is 4.35. The number of rotatable bonds is 4. The van der Waals surface area contributed by atoms with Gasteiger partial charge in [-0.05, 0) is 12.1 Å². The van der Waals surface area contributed by atoms with E-state index in [-0.39, 0.29) is 12.5 Å². The lowest BCUT2D eigenvalue weighted by molar-refractivity contribution is 0.0808. The van der Waals surface area contributed by atoms with Crippen LogP contribution in [-0.2, 0) is 0 Å². The fraction of sp³-hybridized carbons (Fsp3) is 0.333. The van der Waals surface area contributed by atoms with Gasteiger partial charge in [-0.25, -0.2) is 0 Å². The first-order chi connectivity index (χ1) is 8.13. The molecular formula is C12H14N2O3. The largest absolute Gasteiger partial charge is 0.497 e. The van der Waals surface area contributed by atoms with E-state index in [9.17, 15) is 4.79 Å². The van der Waals surface area contributed by atoms with Crippen LogP contribution in [0.5, 0.6) is 11.5 Å². The first kappa shape index (κ1) is 12.8. The first-order valence-electron chi connectivity index (χ1n) is 4.98. The van der Waals surface area contributed by atoms with Crippen LogP contribution in [0, 0.1) is 11.3 Å². The Morgan fingerprint density at radius 2 is 2.12 bits per heavy atom. The minimum atomic E-state index is -0.258. The maximum absolute atomic E-state index is 12.0. The zero-order valence-electron chi connectivity index (χ0n) is 10.1. The lowest BCUT2D eigenvalue weighted by Crippen LogP contribution is -2.27. The summed E-state index contributed by atoms with van der Waals surface area (Å²) in [7, 11) is 4.59. The van der Waals surface area contributed by atoms with E-state index in [1.807, 2.05) is 6.07 Å². The number of hydrogen-bond donors (Lipinski definition) is 0. The molecule has 0 atom stereocenters. The van der Waals surface area contributed by atoms with E-state index >= 15 is 0 Å². The van der Waals surface area contributed by atoms with Gasteiger partial charge in [0.2, 0.25) is 0 Å². The fourth-order valence-corrected chi connectivity index (χ4v) is 1.36. The molecular weight excluding hydrogens is 220 g/mol. The molecule has 0 aliphatic carbocycles. The molecule has 0 heterocycles. The van der Waals surface area contributed by atoms with Gasteiger partial charge in [0.25, 0.3) is 5.91 Å². The Hall–Kier alpha value is -2.22. The minimum absolute atomic E-state index is 0.0357. The molecule has 5 heteroatoms. The van der Waals surface area contributed by atoms with Crippen LogP contribution in [0.25, 0.3) is 0 Å². The highest BCUT2D eigenvalue weighted by Gasteiger charge is 2.16. The summed E-state index contributed by atoms with van der Waals surface area (Å²) in [6.07, 6.45) is 0. The quantitative estimate of drug-likeness (QED) is 0.737. The van der Waals surface area contributed by atoms with Crippen LogP contribution in [0.2, 0.25) is 0 Å². The first-order valence-corrected chi connectivity index (χ1v) is 4.98. The van der Waals surface area contributed by atoms with Gasteiger partial charge in [0, 0.05) is 13.1 Å². The molecule has 0 N–H and O–H groups in total. The van der Waals surface area contributed by atoms with E-state index in [1.165, 1.54) is 19.1 Å². The van der Waals surface area contributed by atoms with Crippen LogP contribution in [0.15, 0.2) is 18.2 Å². The van der Waals surface area contributed by atoms with Crippen LogP contribution in [-0.4, -0.2) is 38.6 Å². The van der Waals surface area contributed by atoms with Crippen molar-refractivity contribution >= 4 is 5.91 Å². The van der Waals surface area contributed by atoms with Crippen molar-refractivity contribution < 1.29 is 14.3 Å². The average molecular weight is 234 g/mol. The highest BCUT2D eigenvalue weighted by atomic mass is 16.5. The smallest absolute Gasteiger partial charge is 0.258 e. The number of ether oxygens (including phenoxy) is 2. The molecule has 0 aromatic heterocycles. The van der Waals surface area contributed by atoms with Gasteiger partial charge in [0.1, 0.15) is 18.0 Å². The van der Waals surface area contributed by atoms with Gasteiger partial charge >= 0.3 is 0 Å². The summed E-state index contributed by atoms with van der Waals surface area (Å²) in [4.78, 5) is 13.3. The predicted molar refractivity (Wildman–Crippen MR) is 62.1 cm³/mol. The highest BCUT2D eigenvalue weighted by molar-refractivity contribution is 5.97. The minimum Gasteiger partial charge on any atom is -0.497 e.